The number of anilines is 1. The Balaban J connectivity index is 1.74. The number of carbonyl (C=O) groups is 4. The van der Waals surface area contributed by atoms with Crippen LogP contribution >= 0.6 is 0 Å². The van der Waals surface area contributed by atoms with E-state index in [4.69, 9.17) is 9.47 Å². The van der Waals surface area contributed by atoms with E-state index in [-0.39, 0.29) is 0 Å². The van der Waals surface area contributed by atoms with Gasteiger partial charge in [0.25, 0.3) is 11.8 Å². The number of hydrogen-bond acceptors (Lipinski definition) is 7. The molecule has 0 aliphatic carbocycles. The first kappa shape index (κ1) is 21.4. The predicted molar refractivity (Wildman–Crippen MR) is 103 cm³/mol. The topological polar surface area (TPSA) is 120 Å². The van der Waals surface area contributed by atoms with Gasteiger partial charge >= 0.3 is 11.9 Å². The van der Waals surface area contributed by atoms with Crippen molar-refractivity contribution in [1.82, 2.24) is 5.32 Å². The van der Waals surface area contributed by atoms with Crippen molar-refractivity contribution in [2.45, 2.75) is 0 Å². The summed E-state index contributed by atoms with van der Waals surface area (Å²) in [5, 5.41) is 4.92. The van der Waals surface area contributed by atoms with Crippen molar-refractivity contribution in [3.63, 3.8) is 0 Å². The molecule has 2 rings (SSSR count). The highest BCUT2D eigenvalue weighted by molar-refractivity contribution is 5.97. The van der Waals surface area contributed by atoms with Crippen LogP contribution in [0.1, 0.15) is 20.7 Å². The van der Waals surface area contributed by atoms with E-state index in [9.17, 15) is 19.2 Å². The molecule has 0 bridgehead atoms. The SMILES string of the molecule is COC(=O)c1ccc(NC(=O)COC(=O)CNC(=O)c2cccc(OC)c2)cc1. The van der Waals surface area contributed by atoms with Crippen molar-refractivity contribution in [2.24, 2.45) is 0 Å². The van der Waals surface area contributed by atoms with Crippen molar-refractivity contribution in [3.05, 3.63) is 59.7 Å². The fraction of sp³-hybridized carbons (Fsp3) is 0.200. The Kier molecular flexibility index (Phi) is 7.72. The number of carbonyl (C=O) groups excluding carboxylic acids is 4. The van der Waals surface area contributed by atoms with Gasteiger partial charge in [-0.15, -0.1) is 0 Å². The van der Waals surface area contributed by atoms with Crippen LogP contribution < -0.4 is 15.4 Å². The van der Waals surface area contributed by atoms with Crippen LogP contribution in [0.5, 0.6) is 5.75 Å². The molecule has 0 radical (unpaired) electrons. The third kappa shape index (κ3) is 6.65. The maximum Gasteiger partial charge on any atom is 0.337 e. The molecule has 0 aromatic heterocycles. The first-order chi connectivity index (χ1) is 13.9. The van der Waals surface area contributed by atoms with Crippen LogP contribution in [0.15, 0.2) is 48.5 Å². The van der Waals surface area contributed by atoms with E-state index in [0.717, 1.165) is 0 Å². The minimum absolute atomic E-state index is 0.324. The maximum atomic E-state index is 12.0. The fourth-order valence-corrected chi connectivity index (χ4v) is 2.22. The van der Waals surface area contributed by atoms with Gasteiger partial charge in [-0.2, -0.15) is 0 Å². The van der Waals surface area contributed by atoms with Gasteiger partial charge in [0.05, 0.1) is 19.8 Å². The third-order valence-corrected chi connectivity index (χ3v) is 3.68. The number of esters is 2. The lowest BCUT2D eigenvalue weighted by atomic mass is 10.2. The van der Waals surface area contributed by atoms with Gasteiger partial charge in [-0.3, -0.25) is 14.4 Å². The monoisotopic (exact) mass is 400 g/mol. The summed E-state index contributed by atoms with van der Waals surface area (Å²) in [4.78, 5) is 46.9. The second-order valence-corrected chi connectivity index (χ2v) is 5.69. The molecule has 0 unspecified atom stereocenters. The van der Waals surface area contributed by atoms with Crippen molar-refractivity contribution in [2.75, 3.05) is 32.7 Å². The summed E-state index contributed by atoms with van der Waals surface area (Å²) in [6.07, 6.45) is 0. The van der Waals surface area contributed by atoms with E-state index in [1.54, 1.807) is 18.2 Å². The van der Waals surface area contributed by atoms with Crippen LogP contribution in [0.2, 0.25) is 0 Å². The Morgan fingerprint density at radius 2 is 1.66 bits per heavy atom. The van der Waals surface area contributed by atoms with E-state index in [0.29, 0.717) is 22.6 Å². The smallest absolute Gasteiger partial charge is 0.337 e. The molecule has 0 atom stereocenters. The molecule has 0 heterocycles. The lowest BCUT2D eigenvalue weighted by molar-refractivity contribution is -0.146. The van der Waals surface area contributed by atoms with Gasteiger partial charge in [0, 0.05) is 11.3 Å². The number of amides is 2. The zero-order valence-electron chi connectivity index (χ0n) is 15.9. The predicted octanol–water partition coefficient (Wildman–Crippen LogP) is 1.39. The second-order valence-electron chi connectivity index (χ2n) is 5.69. The Morgan fingerprint density at radius 3 is 2.31 bits per heavy atom. The number of rotatable bonds is 8. The van der Waals surface area contributed by atoms with Crippen LogP contribution in [0.3, 0.4) is 0 Å². The molecule has 2 aromatic rings. The van der Waals surface area contributed by atoms with Gasteiger partial charge in [-0.05, 0) is 42.5 Å². The molecule has 0 saturated carbocycles. The summed E-state index contributed by atoms with van der Waals surface area (Å²) in [6.45, 7) is -0.913. The fourth-order valence-electron chi connectivity index (χ4n) is 2.22. The molecule has 2 amide bonds. The number of methoxy groups -OCH3 is 2. The van der Waals surface area contributed by atoms with E-state index >= 15 is 0 Å². The van der Waals surface area contributed by atoms with Gasteiger partial charge < -0.3 is 24.8 Å². The summed E-state index contributed by atoms with van der Waals surface area (Å²) in [5.74, 6) is -1.79. The molecule has 0 spiro atoms. The van der Waals surface area contributed by atoms with Gasteiger partial charge in [0.2, 0.25) is 0 Å². The largest absolute Gasteiger partial charge is 0.497 e. The van der Waals surface area contributed by atoms with Crippen molar-refractivity contribution in [3.8, 4) is 5.75 Å². The minimum Gasteiger partial charge on any atom is -0.497 e. The van der Waals surface area contributed by atoms with Gasteiger partial charge in [0.1, 0.15) is 12.3 Å². The Hall–Kier alpha value is -3.88. The minimum atomic E-state index is -0.766. The van der Waals surface area contributed by atoms with Gasteiger partial charge in [-0.25, -0.2) is 4.79 Å². The summed E-state index contributed by atoms with van der Waals surface area (Å²) in [7, 11) is 2.75. The molecule has 0 saturated heterocycles. The highest BCUT2D eigenvalue weighted by atomic mass is 16.5. The molecule has 2 N–H and O–H groups in total. The maximum absolute atomic E-state index is 12.0. The summed E-state index contributed by atoms with van der Waals surface area (Å²) >= 11 is 0. The zero-order chi connectivity index (χ0) is 21.2. The average molecular weight is 400 g/mol. The van der Waals surface area contributed by atoms with Crippen LogP contribution in [0, 0.1) is 0 Å². The van der Waals surface area contributed by atoms with E-state index < -0.39 is 36.9 Å². The quantitative estimate of drug-likeness (QED) is 0.643. The molecular weight excluding hydrogens is 380 g/mol. The highest BCUT2D eigenvalue weighted by Crippen LogP contribution is 2.12. The average Bonchev–Trinajstić information content (AvgIpc) is 2.76. The first-order valence-corrected chi connectivity index (χ1v) is 8.49. The van der Waals surface area contributed by atoms with Crippen molar-refractivity contribution < 1.29 is 33.4 Å². The molecule has 152 valence electrons. The Bertz CT molecular complexity index is 894. The summed E-state index contributed by atoms with van der Waals surface area (Å²) < 4.78 is 14.4. The second kappa shape index (κ2) is 10.5. The summed E-state index contributed by atoms with van der Waals surface area (Å²) in [6, 6.07) is 12.4. The number of nitrogens with one attached hydrogen (secondary N) is 2. The van der Waals surface area contributed by atoms with Crippen LogP contribution in [-0.2, 0) is 19.1 Å². The molecule has 0 aliphatic rings. The lowest BCUT2D eigenvalue weighted by Gasteiger charge is -2.08. The summed E-state index contributed by atoms with van der Waals surface area (Å²) in [5.41, 5.74) is 1.08. The Labute approximate surface area is 166 Å². The van der Waals surface area contributed by atoms with Crippen molar-refractivity contribution >= 4 is 29.4 Å². The van der Waals surface area contributed by atoms with Crippen LogP contribution in [0.25, 0.3) is 0 Å². The molecule has 0 fully saturated rings. The van der Waals surface area contributed by atoms with Crippen LogP contribution in [0.4, 0.5) is 5.69 Å². The van der Waals surface area contributed by atoms with Crippen molar-refractivity contribution in [1.29, 1.82) is 0 Å². The highest BCUT2D eigenvalue weighted by Gasteiger charge is 2.12. The number of hydrogen-bond donors (Lipinski definition) is 2. The first-order valence-electron chi connectivity index (χ1n) is 8.49. The van der Waals surface area contributed by atoms with Gasteiger partial charge in [0.15, 0.2) is 6.61 Å². The van der Waals surface area contributed by atoms with Gasteiger partial charge in [-0.1, -0.05) is 6.07 Å². The third-order valence-electron chi connectivity index (χ3n) is 3.68. The molecular formula is C20H20N2O7. The molecule has 0 aliphatic heterocycles. The zero-order valence-corrected chi connectivity index (χ0v) is 15.9. The Morgan fingerprint density at radius 1 is 0.931 bits per heavy atom. The normalized spacial score (nSPS) is 9.86. The number of ether oxygens (including phenoxy) is 3. The molecule has 9 nitrogen and oxygen atoms in total. The number of benzene rings is 2. The molecule has 9 heteroatoms. The lowest BCUT2D eigenvalue weighted by Crippen LogP contribution is -2.32. The van der Waals surface area contributed by atoms with E-state index in [1.165, 1.54) is 44.6 Å². The van der Waals surface area contributed by atoms with Crippen LogP contribution in [-0.4, -0.2) is 51.1 Å². The molecule has 2 aromatic carbocycles. The van der Waals surface area contributed by atoms with E-state index in [1.807, 2.05) is 0 Å². The van der Waals surface area contributed by atoms with E-state index in [2.05, 4.69) is 15.4 Å². The molecule has 29 heavy (non-hydrogen) atoms. The standard InChI is InChI=1S/C20H20N2O7/c1-27-16-5-3-4-14(10-16)19(25)21-11-18(24)29-12-17(23)22-15-8-6-13(7-9-15)20(26)28-2/h3-10H,11-12H2,1-2H3,(H,21,25)(H,22,23).